The summed E-state index contributed by atoms with van der Waals surface area (Å²) < 4.78 is 33.6. The molecule has 1 amide bonds. The second kappa shape index (κ2) is 8.01. The first-order chi connectivity index (χ1) is 14.4. The molecule has 0 saturated heterocycles. The zero-order chi connectivity index (χ0) is 21.3. The largest absolute Gasteiger partial charge is 0.487 e. The van der Waals surface area contributed by atoms with Crippen LogP contribution in [0.1, 0.15) is 17.3 Å². The number of rotatable bonds is 4. The summed E-state index contributed by atoms with van der Waals surface area (Å²) in [7, 11) is -3.79. The van der Waals surface area contributed by atoms with Crippen molar-refractivity contribution in [3.63, 3.8) is 0 Å². The Hall–Kier alpha value is -3.03. The lowest BCUT2D eigenvalue weighted by Gasteiger charge is -2.34. The molecule has 154 valence electrons. The molecule has 4 rings (SSSR count). The fraction of sp³-hybridized carbons (Fsp3) is 0.136. The van der Waals surface area contributed by atoms with Crippen molar-refractivity contribution < 1.29 is 17.9 Å². The van der Waals surface area contributed by atoms with Crippen molar-refractivity contribution in [2.24, 2.45) is 0 Å². The molecule has 6 nitrogen and oxygen atoms in total. The minimum atomic E-state index is -3.79. The standard InChI is InChI=1S/C22H19ClN2O4S/c1-15-14-25(20-8-4-5-9-21(20)29-15)30(27,28)17-12-10-16(11-13-17)24-22(26)18-6-2-3-7-19(18)23/h2-13,15H,14H2,1H3,(H,24,26)/t15-/m0/s1. The van der Waals surface area contributed by atoms with Crippen LogP contribution in [0.25, 0.3) is 0 Å². The number of sulfonamides is 1. The molecular weight excluding hydrogens is 424 g/mol. The summed E-state index contributed by atoms with van der Waals surface area (Å²) in [5.41, 5.74) is 1.32. The molecule has 0 spiro atoms. The van der Waals surface area contributed by atoms with E-state index in [0.717, 1.165) is 0 Å². The molecule has 0 fully saturated rings. The van der Waals surface area contributed by atoms with Crippen LogP contribution in [0.3, 0.4) is 0 Å². The lowest BCUT2D eigenvalue weighted by atomic mass is 10.2. The number of benzene rings is 3. The van der Waals surface area contributed by atoms with E-state index in [-0.39, 0.29) is 23.5 Å². The molecule has 3 aromatic rings. The second-order valence-corrected chi connectivity index (χ2v) is 9.16. The van der Waals surface area contributed by atoms with Gasteiger partial charge in [-0.2, -0.15) is 0 Å². The third-order valence-corrected chi connectivity index (χ3v) is 6.83. The Morgan fingerprint density at radius 1 is 1.03 bits per heavy atom. The maximum Gasteiger partial charge on any atom is 0.264 e. The number of ether oxygens (including phenoxy) is 1. The Kier molecular flexibility index (Phi) is 5.40. The zero-order valence-corrected chi connectivity index (χ0v) is 17.7. The summed E-state index contributed by atoms with van der Waals surface area (Å²) in [5, 5.41) is 3.07. The third kappa shape index (κ3) is 3.86. The molecule has 30 heavy (non-hydrogen) atoms. The fourth-order valence-electron chi connectivity index (χ4n) is 3.26. The van der Waals surface area contributed by atoms with Crippen LogP contribution < -0.4 is 14.4 Å². The summed E-state index contributed by atoms with van der Waals surface area (Å²) >= 11 is 6.05. The van der Waals surface area contributed by atoms with E-state index in [2.05, 4.69) is 5.32 Å². The van der Waals surface area contributed by atoms with Crippen molar-refractivity contribution in [1.29, 1.82) is 0 Å². The van der Waals surface area contributed by atoms with Crippen LogP contribution in [0.5, 0.6) is 5.75 Å². The van der Waals surface area contributed by atoms with Gasteiger partial charge in [-0.15, -0.1) is 0 Å². The van der Waals surface area contributed by atoms with Gasteiger partial charge in [0.2, 0.25) is 0 Å². The SMILES string of the molecule is C[C@H]1CN(S(=O)(=O)c2ccc(NC(=O)c3ccccc3Cl)cc2)c2ccccc2O1. The van der Waals surface area contributed by atoms with Crippen LogP contribution in [-0.2, 0) is 10.0 Å². The number of halogens is 1. The van der Waals surface area contributed by atoms with E-state index in [1.807, 2.05) is 6.92 Å². The van der Waals surface area contributed by atoms with Crippen LogP contribution in [0, 0.1) is 0 Å². The van der Waals surface area contributed by atoms with Gasteiger partial charge in [-0.3, -0.25) is 9.10 Å². The Balaban J connectivity index is 1.58. The highest BCUT2D eigenvalue weighted by Gasteiger charge is 2.32. The predicted octanol–water partition coefficient (Wildman–Crippen LogP) is 4.57. The van der Waals surface area contributed by atoms with Gasteiger partial charge in [0.25, 0.3) is 15.9 Å². The lowest BCUT2D eigenvalue weighted by Crippen LogP contribution is -2.42. The van der Waals surface area contributed by atoms with E-state index in [4.69, 9.17) is 16.3 Å². The minimum Gasteiger partial charge on any atom is -0.487 e. The number of amides is 1. The molecule has 0 saturated carbocycles. The normalized spacial score (nSPS) is 15.8. The van der Waals surface area contributed by atoms with Gasteiger partial charge in [0.05, 0.1) is 27.7 Å². The average Bonchev–Trinajstić information content (AvgIpc) is 2.73. The van der Waals surface area contributed by atoms with Gasteiger partial charge in [-0.25, -0.2) is 8.42 Å². The second-order valence-electron chi connectivity index (χ2n) is 6.89. The third-order valence-electron chi connectivity index (χ3n) is 4.70. The first kappa shape index (κ1) is 20.3. The Morgan fingerprint density at radius 3 is 2.43 bits per heavy atom. The van der Waals surface area contributed by atoms with Crippen LogP contribution >= 0.6 is 11.6 Å². The first-order valence-corrected chi connectivity index (χ1v) is 11.1. The smallest absolute Gasteiger partial charge is 0.264 e. The number of anilines is 2. The molecule has 8 heteroatoms. The number of hydrogen-bond donors (Lipinski definition) is 1. The van der Waals surface area contributed by atoms with E-state index in [1.165, 1.54) is 16.4 Å². The Bertz CT molecular complexity index is 1200. The molecule has 0 unspecified atom stereocenters. The van der Waals surface area contributed by atoms with Crippen molar-refractivity contribution in [3.05, 3.63) is 83.4 Å². The van der Waals surface area contributed by atoms with E-state index >= 15 is 0 Å². The summed E-state index contributed by atoms with van der Waals surface area (Å²) in [6.07, 6.45) is -0.274. The maximum atomic E-state index is 13.3. The number of carbonyl (C=O) groups excluding carboxylic acids is 1. The summed E-state index contributed by atoms with van der Waals surface area (Å²) in [6.45, 7) is 2.04. The highest BCUT2D eigenvalue weighted by molar-refractivity contribution is 7.92. The van der Waals surface area contributed by atoms with E-state index in [1.54, 1.807) is 60.7 Å². The van der Waals surface area contributed by atoms with Crippen LogP contribution in [0.4, 0.5) is 11.4 Å². The van der Waals surface area contributed by atoms with Crippen molar-refractivity contribution in [1.82, 2.24) is 0 Å². The van der Waals surface area contributed by atoms with Gasteiger partial charge >= 0.3 is 0 Å². The van der Waals surface area contributed by atoms with Gasteiger partial charge in [-0.1, -0.05) is 35.9 Å². The van der Waals surface area contributed by atoms with Crippen molar-refractivity contribution in [2.75, 3.05) is 16.2 Å². The Labute approximate surface area is 180 Å². The highest BCUT2D eigenvalue weighted by Crippen LogP contribution is 2.36. The molecular formula is C22H19ClN2O4S. The van der Waals surface area contributed by atoms with E-state index in [0.29, 0.717) is 27.7 Å². The van der Waals surface area contributed by atoms with Gasteiger partial charge in [0, 0.05) is 5.69 Å². The lowest BCUT2D eigenvalue weighted by molar-refractivity contribution is 0.102. The summed E-state index contributed by atoms with van der Waals surface area (Å²) in [6, 6.07) is 19.8. The number of carbonyl (C=O) groups is 1. The maximum absolute atomic E-state index is 13.3. The van der Waals surface area contributed by atoms with Gasteiger partial charge in [0.1, 0.15) is 11.9 Å². The zero-order valence-electron chi connectivity index (χ0n) is 16.1. The molecule has 1 N–H and O–H groups in total. The van der Waals surface area contributed by atoms with Gasteiger partial charge in [-0.05, 0) is 55.5 Å². The topological polar surface area (TPSA) is 75.7 Å². The van der Waals surface area contributed by atoms with Crippen molar-refractivity contribution in [2.45, 2.75) is 17.9 Å². The molecule has 1 aliphatic rings. The van der Waals surface area contributed by atoms with Gasteiger partial charge < -0.3 is 10.1 Å². The van der Waals surface area contributed by atoms with E-state index in [9.17, 15) is 13.2 Å². The molecule has 1 aliphatic heterocycles. The van der Waals surface area contributed by atoms with E-state index < -0.39 is 10.0 Å². The first-order valence-electron chi connectivity index (χ1n) is 9.30. The van der Waals surface area contributed by atoms with Crippen LogP contribution in [0.15, 0.2) is 77.7 Å². The van der Waals surface area contributed by atoms with Crippen LogP contribution in [-0.4, -0.2) is 27.0 Å². The monoisotopic (exact) mass is 442 g/mol. The van der Waals surface area contributed by atoms with Crippen molar-refractivity contribution in [3.8, 4) is 5.75 Å². The Morgan fingerprint density at radius 2 is 1.70 bits per heavy atom. The molecule has 0 radical (unpaired) electrons. The molecule has 1 heterocycles. The number of nitrogens with zero attached hydrogens (tertiary/aromatic N) is 1. The number of fused-ring (bicyclic) bond motifs is 1. The number of hydrogen-bond acceptors (Lipinski definition) is 4. The van der Waals surface area contributed by atoms with Gasteiger partial charge in [0.15, 0.2) is 0 Å². The molecule has 1 atom stereocenters. The molecule has 0 bridgehead atoms. The molecule has 3 aromatic carbocycles. The van der Waals surface area contributed by atoms with Crippen LogP contribution in [0.2, 0.25) is 5.02 Å². The highest BCUT2D eigenvalue weighted by atomic mass is 35.5. The minimum absolute atomic E-state index is 0.127. The summed E-state index contributed by atoms with van der Waals surface area (Å²) in [4.78, 5) is 12.5. The number of nitrogens with one attached hydrogen (secondary N) is 1. The quantitative estimate of drug-likeness (QED) is 0.642. The number of para-hydroxylation sites is 2. The fourth-order valence-corrected chi connectivity index (χ4v) is 5.03. The predicted molar refractivity (Wildman–Crippen MR) is 117 cm³/mol. The van der Waals surface area contributed by atoms with Crippen molar-refractivity contribution >= 4 is 38.9 Å². The average molecular weight is 443 g/mol. The summed E-state index contributed by atoms with van der Waals surface area (Å²) in [5.74, 6) is 0.163. The molecule has 0 aliphatic carbocycles. The molecule has 0 aromatic heterocycles.